The highest BCUT2D eigenvalue weighted by atomic mass is 32.2. The van der Waals surface area contributed by atoms with Gasteiger partial charge in [-0.3, -0.25) is 19.8 Å². The van der Waals surface area contributed by atoms with E-state index in [4.69, 9.17) is 0 Å². The van der Waals surface area contributed by atoms with Gasteiger partial charge in [0.05, 0.1) is 10.3 Å². The van der Waals surface area contributed by atoms with Crippen LogP contribution in [0.1, 0.15) is 36.7 Å². The number of nitrogens with zero attached hydrogens (tertiary/aromatic N) is 3. The first-order valence-electron chi connectivity index (χ1n) is 10.5. The van der Waals surface area contributed by atoms with Crippen LogP contribution in [-0.2, 0) is 21.4 Å². The van der Waals surface area contributed by atoms with Gasteiger partial charge in [0.2, 0.25) is 5.91 Å². The van der Waals surface area contributed by atoms with E-state index in [1.807, 2.05) is 6.92 Å². The molecule has 1 saturated heterocycles. The van der Waals surface area contributed by atoms with Crippen LogP contribution >= 0.6 is 0 Å². The quantitative estimate of drug-likeness (QED) is 0.505. The van der Waals surface area contributed by atoms with Crippen LogP contribution < -0.4 is 20.7 Å². The molecular weight excluding hydrogens is 446 g/mol. The van der Waals surface area contributed by atoms with Crippen molar-refractivity contribution in [3.8, 4) is 0 Å². The molecule has 0 unspecified atom stereocenters. The normalized spacial score (nSPS) is 14.1. The van der Waals surface area contributed by atoms with Crippen molar-refractivity contribution in [2.75, 3.05) is 11.4 Å². The van der Waals surface area contributed by atoms with Crippen molar-refractivity contribution in [3.05, 3.63) is 64.6 Å². The summed E-state index contributed by atoms with van der Waals surface area (Å²) < 4.78 is 26.5. The molecule has 1 aliphatic rings. The van der Waals surface area contributed by atoms with E-state index in [0.717, 1.165) is 6.42 Å². The zero-order valence-electron chi connectivity index (χ0n) is 17.9. The Labute approximate surface area is 190 Å². The van der Waals surface area contributed by atoms with Crippen LogP contribution in [0.5, 0.6) is 0 Å². The van der Waals surface area contributed by atoms with Gasteiger partial charge in [-0.05, 0) is 43.2 Å². The first-order valence-corrected chi connectivity index (χ1v) is 12.0. The molecule has 0 radical (unpaired) electrons. The van der Waals surface area contributed by atoms with Gasteiger partial charge in [0.25, 0.3) is 21.5 Å². The van der Waals surface area contributed by atoms with Crippen LogP contribution in [0, 0.1) is 0 Å². The number of amides is 2. The molecule has 3 aromatic rings. The number of carbonyl (C=O) groups is 2. The van der Waals surface area contributed by atoms with Crippen molar-refractivity contribution in [2.45, 2.75) is 37.6 Å². The molecule has 0 aliphatic carbocycles. The zero-order valence-corrected chi connectivity index (χ0v) is 18.8. The Morgan fingerprint density at radius 1 is 1.06 bits per heavy atom. The predicted molar refractivity (Wildman–Crippen MR) is 122 cm³/mol. The predicted octanol–water partition coefficient (Wildman–Crippen LogP) is 1.56. The third-order valence-electron chi connectivity index (χ3n) is 5.35. The van der Waals surface area contributed by atoms with Crippen LogP contribution in [0.3, 0.4) is 0 Å². The molecule has 2 amide bonds. The fourth-order valence-corrected chi connectivity index (χ4v) is 4.56. The van der Waals surface area contributed by atoms with Crippen molar-refractivity contribution >= 4 is 38.3 Å². The first-order chi connectivity index (χ1) is 15.8. The van der Waals surface area contributed by atoms with E-state index >= 15 is 0 Å². The largest absolute Gasteiger partial charge is 0.312 e. The lowest BCUT2D eigenvalue weighted by molar-refractivity contribution is -0.117. The van der Waals surface area contributed by atoms with Gasteiger partial charge in [-0.15, -0.1) is 4.83 Å². The molecule has 1 aromatic heterocycles. The number of rotatable bonds is 7. The van der Waals surface area contributed by atoms with Crippen molar-refractivity contribution in [1.29, 1.82) is 0 Å². The van der Waals surface area contributed by atoms with E-state index < -0.39 is 15.9 Å². The molecule has 11 heteroatoms. The summed E-state index contributed by atoms with van der Waals surface area (Å²) in [6, 6.07) is 12.4. The van der Waals surface area contributed by atoms with Crippen LogP contribution in [0.25, 0.3) is 10.8 Å². The van der Waals surface area contributed by atoms with Crippen molar-refractivity contribution in [1.82, 2.24) is 20.0 Å². The van der Waals surface area contributed by atoms with Crippen LogP contribution in [0.15, 0.2) is 58.2 Å². The smallest absolute Gasteiger partial charge is 0.287 e. The lowest BCUT2D eigenvalue weighted by Crippen LogP contribution is -2.42. The van der Waals surface area contributed by atoms with Gasteiger partial charge in [-0.1, -0.05) is 25.1 Å². The van der Waals surface area contributed by atoms with Gasteiger partial charge in [-0.25, -0.2) is 13.1 Å². The van der Waals surface area contributed by atoms with Crippen molar-refractivity contribution in [3.63, 3.8) is 0 Å². The number of aryl methyl sites for hydroxylation is 1. The van der Waals surface area contributed by atoms with Gasteiger partial charge in [0.1, 0.15) is 0 Å². The van der Waals surface area contributed by atoms with Gasteiger partial charge in [-0.2, -0.15) is 5.10 Å². The number of sulfonamides is 1. The minimum atomic E-state index is -4.08. The third-order valence-corrected chi connectivity index (χ3v) is 6.61. The molecule has 0 atom stereocenters. The number of anilines is 1. The first kappa shape index (κ1) is 22.6. The molecule has 0 bridgehead atoms. The van der Waals surface area contributed by atoms with E-state index in [9.17, 15) is 22.8 Å². The molecule has 0 spiro atoms. The number of benzene rings is 2. The van der Waals surface area contributed by atoms with Gasteiger partial charge >= 0.3 is 0 Å². The van der Waals surface area contributed by atoms with Crippen molar-refractivity contribution < 1.29 is 18.0 Å². The summed E-state index contributed by atoms with van der Waals surface area (Å²) in [5.41, 5.74) is 2.41. The second-order valence-electron chi connectivity index (χ2n) is 7.62. The minimum Gasteiger partial charge on any atom is -0.312 e. The van der Waals surface area contributed by atoms with E-state index in [-0.39, 0.29) is 22.1 Å². The number of hydrogen-bond acceptors (Lipinski definition) is 6. The Bertz CT molecular complexity index is 1380. The van der Waals surface area contributed by atoms with E-state index in [1.165, 1.54) is 16.8 Å². The van der Waals surface area contributed by atoms with E-state index in [2.05, 4.69) is 15.4 Å². The summed E-state index contributed by atoms with van der Waals surface area (Å²) in [4.78, 5) is 40.8. The molecule has 2 heterocycles. The number of carbonyl (C=O) groups excluding carboxylic acids is 2. The molecule has 2 N–H and O–H groups in total. The highest BCUT2D eigenvalue weighted by molar-refractivity contribution is 7.89. The average molecular weight is 470 g/mol. The standard InChI is InChI=1S/C22H23N5O5S/c1-2-13-27-22(30)18-7-4-3-6-17(18)20(24-27)21(29)23-25-33(31,32)16-11-9-15(10-12-16)26-14-5-8-19(26)28/h3-4,6-7,9-12,25H,2,5,8,13-14H2,1H3,(H,23,29). The molecule has 10 nitrogen and oxygen atoms in total. The highest BCUT2D eigenvalue weighted by Gasteiger charge is 2.23. The molecule has 0 saturated carbocycles. The third kappa shape index (κ3) is 4.50. The number of fused-ring (bicyclic) bond motifs is 1. The average Bonchev–Trinajstić information content (AvgIpc) is 3.25. The molecule has 33 heavy (non-hydrogen) atoms. The summed E-state index contributed by atoms with van der Waals surface area (Å²) in [7, 11) is -4.08. The minimum absolute atomic E-state index is 0.000122. The summed E-state index contributed by atoms with van der Waals surface area (Å²) in [5.74, 6) is -0.793. The zero-order chi connectivity index (χ0) is 23.6. The molecule has 4 rings (SSSR count). The fourth-order valence-electron chi connectivity index (χ4n) is 3.72. The lowest BCUT2D eigenvalue weighted by atomic mass is 10.1. The van der Waals surface area contributed by atoms with Crippen molar-refractivity contribution in [2.24, 2.45) is 0 Å². The second-order valence-corrected chi connectivity index (χ2v) is 9.31. The Morgan fingerprint density at radius 3 is 2.39 bits per heavy atom. The topological polar surface area (TPSA) is 130 Å². The summed E-state index contributed by atoms with van der Waals surface area (Å²) >= 11 is 0. The summed E-state index contributed by atoms with van der Waals surface area (Å²) in [6.45, 7) is 2.80. The van der Waals surface area contributed by atoms with Gasteiger partial charge < -0.3 is 4.90 Å². The van der Waals surface area contributed by atoms with Crippen LogP contribution in [0.2, 0.25) is 0 Å². The number of hydrazine groups is 1. The molecule has 172 valence electrons. The summed E-state index contributed by atoms with van der Waals surface area (Å²) in [5, 5.41) is 4.79. The molecule has 1 fully saturated rings. The maximum atomic E-state index is 12.8. The SMILES string of the molecule is CCCn1nc(C(=O)NNS(=O)(=O)c2ccc(N3CCCC3=O)cc2)c2ccccc2c1=O. The van der Waals surface area contributed by atoms with Crippen LogP contribution in [0.4, 0.5) is 5.69 Å². The molecule has 1 aliphatic heterocycles. The monoisotopic (exact) mass is 469 g/mol. The second kappa shape index (κ2) is 9.12. The van der Waals surface area contributed by atoms with Gasteiger partial charge in [0.15, 0.2) is 5.69 Å². The van der Waals surface area contributed by atoms with Crippen LogP contribution in [-0.4, -0.2) is 36.6 Å². The van der Waals surface area contributed by atoms with E-state index in [0.29, 0.717) is 42.4 Å². The maximum absolute atomic E-state index is 12.8. The van der Waals surface area contributed by atoms with Gasteiger partial charge in [0, 0.05) is 30.6 Å². The Morgan fingerprint density at radius 2 is 1.76 bits per heavy atom. The molecular formula is C22H23N5O5S. The highest BCUT2D eigenvalue weighted by Crippen LogP contribution is 2.23. The lowest BCUT2D eigenvalue weighted by Gasteiger charge is -2.16. The number of aromatic nitrogens is 2. The maximum Gasteiger partial charge on any atom is 0.287 e. The summed E-state index contributed by atoms with van der Waals surface area (Å²) in [6.07, 6.45) is 1.88. The Hall–Kier alpha value is -3.57. The molecule has 2 aromatic carbocycles. The Kier molecular flexibility index (Phi) is 6.25. The number of hydrogen-bond donors (Lipinski definition) is 2. The van der Waals surface area contributed by atoms with E-state index in [1.54, 1.807) is 41.3 Å². The Balaban J connectivity index is 1.55. The number of nitrogens with one attached hydrogen (secondary N) is 2. The fraction of sp³-hybridized carbons (Fsp3) is 0.273.